The third-order valence-electron chi connectivity index (χ3n) is 2.88. The third-order valence-corrected chi connectivity index (χ3v) is 4.81. The lowest BCUT2D eigenvalue weighted by molar-refractivity contribution is -0.386. The molecule has 0 fully saturated rings. The number of rotatable bonds is 3. The average Bonchev–Trinajstić information content (AvgIpc) is 2.40. The van der Waals surface area contributed by atoms with Crippen LogP contribution in [-0.4, -0.2) is 23.6 Å². The Balaban J connectivity index is 2.71. The summed E-state index contributed by atoms with van der Waals surface area (Å²) in [5.41, 5.74) is -0.319. The standard InChI is InChI=1S/C13H10ClNO6S/c1-7-2-8(14)4-9(3-7)22(20,21)10-5-11(15(18)19)13(17)12(16)6-10/h2-6,16-17H,1H3. The molecule has 7 nitrogen and oxygen atoms in total. The van der Waals surface area contributed by atoms with Gasteiger partial charge in [-0.2, -0.15) is 0 Å². The summed E-state index contributed by atoms with van der Waals surface area (Å²) < 4.78 is 25.0. The lowest BCUT2D eigenvalue weighted by atomic mass is 10.2. The van der Waals surface area contributed by atoms with E-state index in [4.69, 9.17) is 11.6 Å². The molecule has 9 heteroatoms. The molecule has 0 aliphatic carbocycles. The Morgan fingerprint density at radius 3 is 2.23 bits per heavy atom. The zero-order valence-electron chi connectivity index (χ0n) is 11.1. The molecule has 0 aliphatic heterocycles. The summed E-state index contributed by atoms with van der Waals surface area (Å²) >= 11 is 5.82. The van der Waals surface area contributed by atoms with Crippen LogP contribution in [0.4, 0.5) is 5.69 Å². The molecule has 0 heterocycles. The van der Waals surface area contributed by atoms with Crippen LogP contribution in [0.3, 0.4) is 0 Å². The topological polar surface area (TPSA) is 118 Å². The fourth-order valence-corrected chi connectivity index (χ4v) is 3.65. The van der Waals surface area contributed by atoms with Crippen molar-refractivity contribution in [2.45, 2.75) is 16.7 Å². The molecule has 116 valence electrons. The predicted octanol–water partition coefficient (Wildman–Crippen LogP) is 2.80. The molecule has 2 aromatic rings. The Labute approximate surface area is 130 Å². The number of nitrogens with zero attached hydrogens (tertiary/aromatic N) is 1. The van der Waals surface area contributed by atoms with Gasteiger partial charge in [0.05, 0.1) is 14.7 Å². The molecule has 0 saturated carbocycles. The molecule has 2 N–H and O–H groups in total. The molecular formula is C13H10ClNO6S. The van der Waals surface area contributed by atoms with E-state index in [0.717, 1.165) is 6.07 Å². The molecule has 0 saturated heterocycles. The Bertz CT molecular complexity index is 858. The first kappa shape index (κ1) is 16.1. The summed E-state index contributed by atoms with van der Waals surface area (Å²) in [6.45, 7) is 1.64. The van der Waals surface area contributed by atoms with E-state index in [1.165, 1.54) is 12.1 Å². The van der Waals surface area contributed by atoms with Crippen LogP contribution in [-0.2, 0) is 9.84 Å². The number of benzene rings is 2. The molecule has 0 aromatic heterocycles. The van der Waals surface area contributed by atoms with Crippen LogP contribution >= 0.6 is 11.6 Å². The molecular weight excluding hydrogens is 334 g/mol. The number of nitro groups is 1. The minimum Gasteiger partial charge on any atom is -0.504 e. The van der Waals surface area contributed by atoms with E-state index < -0.39 is 36.8 Å². The van der Waals surface area contributed by atoms with Gasteiger partial charge in [0.1, 0.15) is 0 Å². The van der Waals surface area contributed by atoms with Crippen molar-refractivity contribution in [3.63, 3.8) is 0 Å². The van der Waals surface area contributed by atoms with Gasteiger partial charge in [0.15, 0.2) is 5.75 Å². The number of phenols is 2. The molecule has 0 radical (unpaired) electrons. The summed E-state index contributed by atoms with van der Waals surface area (Å²) in [6.07, 6.45) is 0. The Morgan fingerprint density at radius 2 is 1.68 bits per heavy atom. The lowest BCUT2D eigenvalue weighted by Gasteiger charge is -2.08. The van der Waals surface area contributed by atoms with Crippen LogP contribution in [0.2, 0.25) is 5.02 Å². The van der Waals surface area contributed by atoms with Gasteiger partial charge < -0.3 is 10.2 Å². The van der Waals surface area contributed by atoms with Crippen molar-refractivity contribution in [1.29, 1.82) is 0 Å². The normalized spacial score (nSPS) is 11.4. The van der Waals surface area contributed by atoms with Crippen LogP contribution in [0, 0.1) is 17.0 Å². The van der Waals surface area contributed by atoms with Crippen LogP contribution in [0.5, 0.6) is 11.5 Å². The van der Waals surface area contributed by atoms with Gasteiger partial charge >= 0.3 is 5.69 Å². The van der Waals surface area contributed by atoms with Crippen molar-refractivity contribution in [3.8, 4) is 11.5 Å². The molecule has 0 unspecified atom stereocenters. The minimum atomic E-state index is -4.14. The molecule has 0 amide bonds. The second-order valence-corrected chi connectivity index (χ2v) is 6.92. The van der Waals surface area contributed by atoms with Gasteiger partial charge in [-0.05, 0) is 30.7 Å². The Morgan fingerprint density at radius 1 is 1.09 bits per heavy atom. The third kappa shape index (κ3) is 2.83. The molecule has 2 rings (SSSR count). The van der Waals surface area contributed by atoms with Gasteiger partial charge in [0.25, 0.3) is 0 Å². The average molecular weight is 344 g/mol. The summed E-state index contributed by atoms with van der Waals surface area (Å²) in [4.78, 5) is 9.14. The van der Waals surface area contributed by atoms with E-state index in [9.17, 15) is 28.7 Å². The van der Waals surface area contributed by atoms with Crippen LogP contribution in [0.1, 0.15) is 5.56 Å². The van der Waals surface area contributed by atoms with Crippen molar-refractivity contribution in [3.05, 3.63) is 51.0 Å². The van der Waals surface area contributed by atoms with E-state index >= 15 is 0 Å². The van der Waals surface area contributed by atoms with Gasteiger partial charge in [-0.25, -0.2) is 8.42 Å². The van der Waals surface area contributed by atoms with Gasteiger partial charge in [0, 0.05) is 17.2 Å². The van der Waals surface area contributed by atoms with Crippen molar-refractivity contribution in [2.24, 2.45) is 0 Å². The van der Waals surface area contributed by atoms with Gasteiger partial charge in [-0.1, -0.05) is 11.6 Å². The molecule has 0 atom stereocenters. The summed E-state index contributed by atoms with van der Waals surface area (Å²) in [5.74, 6) is -1.89. The van der Waals surface area contributed by atoms with E-state index in [0.29, 0.717) is 11.6 Å². The molecule has 0 spiro atoms. The second-order valence-electron chi connectivity index (χ2n) is 4.53. The van der Waals surface area contributed by atoms with Crippen molar-refractivity contribution in [1.82, 2.24) is 0 Å². The molecule has 22 heavy (non-hydrogen) atoms. The van der Waals surface area contributed by atoms with Crippen LogP contribution in [0.15, 0.2) is 40.1 Å². The Kier molecular flexibility index (Phi) is 3.99. The highest BCUT2D eigenvalue weighted by atomic mass is 35.5. The largest absolute Gasteiger partial charge is 0.504 e. The first-order valence-electron chi connectivity index (χ1n) is 5.85. The number of aryl methyl sites for hydroxylation is 1. The fourth-order valence-electron chi connectivity index (χ4n) is 1.87. The van der Waals surface area contributed by atoms with E-state index in [2.05, 4.69) is 0 Å². The number of phenolic OH excluding ortho intramolecular Hbond substituents is 2. The van der Waals surface area contributed by atoms with Crippen molar-refractivity contribution < 1.29 is 23.6 Å². The van der Waals surface area contributed by atoms with E-state index in [1.54, 1.807) is 13.0 Å². The molecule has 2 aromatic carbocycles. The first-order valence-corrected chi connectivity index (χ1v) is 7.71. The molecule has 0 bridgehead atoms. The van der Waals surface area contributed by atoms with Crippen LogP contribution in [0.25, 0.3) is 0 Å². The van der Waals surface area contributed by atoms with Crippen molar-refractivity contribution >= 4 is 27.1 Å². The predicted molar refractivity (Wildman–Crippen MR) is 78.1 cm³/mol. The van der Waals surface area contributed by atoms with Crippen LogP contribution < -0.4 is 0 Å². The maximum atomic E-state index is 12.5. The zero-order valence-corrected chi connectivity index (χ0v) is 12.7. The van der Waals surface area contributed by atoms with Gasteiger partial charge in [-0.3, -0.25) is 10.1 Å². The summed E-state index contributed by atoms with van der Waals surface area (Å²) in [7, 11) is -4.14. The number of hydrogen-bond acceptors (Lipinski definition) is 6. The smallest absolute Gasteiger partial charge is 0.315 e. The van der Waals surface area contributed by atoms with E-state index in [-0.39, 0.29) is 9.92 Å². The van der Waals surface area contributed by atoms with Gasteiger partial charge in [-0.15, -0.1) is 0 Å². The highest BCUT2D eigenvalue weighted by Gasteiger charge is 2.26. The number of halogens is 1. The minimum absolute atomic E-state index is 0.170. The van der Waals surface area contributed by atoms with Gasteiger partial charge in [0.2, 0.25) is 15.6 Å². The monoisotopic (exact) mass is 343 g/mol. The fraction of sp³-hybridized carbons (Fsp3) is 0.0769. The first-order chi connectivity index (χ1) is 10.1. The van der Waals surface area contributed by atoms with E-state index in [1.807, 2.05) is 0 Å². The molecule has 0 aliphatic rings. The quantitative estimate of drug-likeness (QED) is 0.502. The summed E-state index contributed by atoms with van der Waals surface area (Å²) in [5, 5.41) is 29.9. The maximum absolute atomic E-state index is 12.5. The maximum Gasteiger partial charge on any atom is 0.315 e. The zero-order chi connectivity index (χ0) is 16.7. The Hall–Kier alpha value is -2.32. The highest BCUT2D eigenvalue weighted by Crippen LogP contribution is 2.39. The number of hydrogen-bond donors (Lipinski definition) is 2. The number of aromatic hydroxyl groups is 2. The second kappa shape index (κ2) is 5.47. The summed E-state index contributed by atoms with van der Waals surface area (Å²) in [6, 6.07) is 5.52. The highest BCUT2D eigenvalue weighted by molar-refractivity contribution is 7.91. The van der Waals surface area contributed by atoms with Crippen molar-refractivity contribution in [2.75, 3.05) is 0 Å². The lowest BCUT2D eigenvalue weighted by Crippen LogP contribution is -2.03. The SMILES string of the molecule is Cc1cc(Cl)cc(S(=O)(=O)c2cc(O)c(O)c([N+](=O)[O-])c2)c1. The number of sulfone groups is 1. The number of nitro benzene ring substituents is 1.